The third kappa shape index (κ3) is 12.7. The molecule has 10 nitrogen and oxygen atoms in total. The van der Waals surface area contributed by atoms with Crippen LogP contribution in [0.3, 0.4) is 0 Å². The number of rotatable bonds is 18. The summed E-state index contributed by atoms with van der Waals surface area (Å²) in [7, 11) is 0. The Morgan fingerprint density at radius 3 is 2.05 bits per heavy atom. The average Bonchev–Trinajstić information content (AvgIpc) is 3.02. The zero-order valence-electron chi connectivity index (χ0n) is 25.0. The summed E-state index contributed by atoms with van der Waals surface area (Å²) in [5.41, 5.74) is 0.436. The molecule has 1 fully saturated rings. The Bertz CT molecular complexity index is 1240. The van der Waals surface area contributed by atoms with E-state index >= 15 is 0 Å². The lowest BCUT2D eigenvalue weighted by atomic mass is 9.98. The van der Waals surface area contributed by atoms with Crippen molar-refractivity contribution in [2.75, 3.05) is 19.8 Å². The molecule has 0 saturated heterocycles. The number of unbranched alkanes of at least 4 members (excludes halogenated alkanes) is 3. The van der Waals surface area contributed by atoms with Gasteiger partial charge < -0.3 is 28.4 Å². The molecule has 0 amide bonds. The maximum Gasteiger partial charge on any atom is 0.348 e. The van der Waals surface area contributed by atoms with Crippen LogP contribution in [0, 0.1) is 0 Å². The number of ether oxygens (including phenoxy) is 6. The molecule has 0 radical (unpaired) electrons. The summed E-state index contributed by atoms with van der Waals surface area (Å²) in [6.07, 6.45) is 9.17. The predicted molar refractivity (Wildman–Crippen MR) is 161 cm³/mol. The van der Waals surface area contributed by atoms with Crippen molar-refractivity contribution in [1.29, 1.82) is 0 Å². The third-order valence-corrected chi connectivity index (χ3v) is 6.73. The summed E-state index contributed by atoms with van der Waals surface area (Å²) in [6, 6.07) is 12.9. The maximum absolute atomic E-state index is 12.4. The lowest BCUT2D eigenvalue weighted by Gasteiger charge is -2.21. The molecular weight excluding hydrogens is 568 g/mol. The van der Waals surface area contributed by atoms with Gasteiger partial charge >= 0.3 is 23.9 Å². The Morgan fingerprint density at radius 1 is 0.750 bits per heavy atom. The summed E-state index contributed by atoms with van der Waals surface area (Å²) in [5.74, 6) is -0.682. The first-order valence-corrected chi connectivity index (χ1v) is 14.9. The van der Waals surface area contributed by atoms with Crippen molar-refractivity contribution in [1.82, 2.24) is 0 Å². The molecule has 0 bridgehead atoms. The lowest BCUT2D eigenvalue weighted by molar-refractivity contribution is -0.151. The van der Waals surface area contributed by atoms with Crippen LogP contribution in [-0.4, -0.2) is 49.8 Å². The van der Waals surface area contributed by atoms with Crippen LogP contribution in [0.1, 0.15) is 74.6 Å². The van der Waals surface area contributed by atoms with Gasteiger partial charge in [-0.15, -0.1) is 0 Å². The van der Waals surface area contributed by atoms with Gasteiger partial charge in [0.1, 0.15) is 23.4 Å². The van der Waals surface area contributed by atoms with Crippen molar-refractivity contribution in [3.63, 3.8) is 0 Å². The molecule has 2 aromatic rings. The highest BCUT2D eigenvalue weighted by atomic mass is 16.6. The lowest BCUT2D eigenvalue weighted by Crippen LogP contribution is -2.22. The van der Waals surface area contributed by atoms with Crippen LogP contribution in [0.2, 0.25) is 0 Å². The smallest absolute Gasteiger partial charge is 0.348 e. The summed E-state index contributed by atoms with van der Waals surface area (Å²) in [6.45, 7) is 7.47. The van der Waals surface area contributed by atoms with E-state index in [9.17, 15) is 19.2 Å². The van der Waals surface area contributed by atoms with E-state index in [1.807, 2.05) is 0 Å². The van der Waals surface area contributed by atoms with Crippen molar-refractivity contribution in [3.05, 3.63) is 79.1 Å². The molecule has 0 aliphatic heterocycles. The second kappa shape index (κ2) is 18.8. The Kier molecular flexibility index (Phi) is 14.5. The number of carbonyl (C=O) groups is 4. The van der Waals surface area contributed by atoms with Gasteiger partial charge in [-0.1, -0.05) is 19.6 Å². The Balaban J connectivity index is 1.23. The number of carbonyl (C=O) groups excluding carboxylic acids is 4. The highest BCUT2D eigenvalue weighted by molar-refractivity contribution is 5.93. The largest absolute Gasteiger partial charge is 0.494 e. The quantitative estimate of drug-likeness (QED) is 0.0477. The van der Waals surface area contributed by atoms with Crippen LogP contribution in [0.5, 0.6) is 17.2 Å². The zero-order valence-corrected chi connectivity index (χ0v) is 25.0. The Morgan fingerprint density at radius 2 is 1.36 bits per heavy atom. The average molecular weight is 609 g/mol. The monoisotopic (exact) mass is 608 g/mol. The van der Waals surface area contributed by atoms with Gasteiger partial charge in [-0.3, -0.25) is 4.79 Å². The van der Waals surface area contributed by atoms with Gasteiger partial charge in [0.2, 0.25) is 0 Å². The van der Waals surface area contributed by atoms with Crippen LogP contribution in [0.4, 0.5) is 0 Å². The summed E-state index contributed by atoms with van der Waals surface area (Å²) in [5, 5.41) is 0. The number of benzene rings is 2. The molecule has 236 valence electrons. The van der Waals surface area contributed by atoms with E-state index in [0.717, 1.165) is 51.2 Å². The van der Waals surface area contributed by atoms with E-state index in [1.54, 1.807) is 36.4 Å². The number of hydrogen-bond acceptors (Lipinski definition) is 10. The van der Waals surface area contributed by atoms with Crippen molar-refractivity contribution in [3.8, 4) is 17.2 Å². The van der Waals surface area contributed by atoms with Gasteiger partial charge in [-0.25, -0.2) is 14.4 Å². The van der Waals surface area contributed by atoms with Crippen molar-refractivity contribution < 1.29 is 47.6 Å². The minimum Gasteiger partial charge on any atom is -0.494 e. The zero-order chi connectivity index (χ0) is 31.6. The molecule has 44 heavy (non-hydrogen) atoms. The standard InChI is InChI=1S/C34H40O10/c1-3-39-32(36)24-42-28-15-13-26(14-16-28)34(38)44-30-19-17-27(18-20-30)40-21-9-4-5-10-22-41-33(37)25(2)23-31(35)43-29-11-7-6-8-12-29/h3,13-20,29H,1-2,4-12,21-24H2. The molecule has 3 rings (SSSR count). The van der Waals surface area contributed by atoms with Crippen LogP contribution < -0.4 is 14.2 Å². The van der Waals surface area contributed by atoms with Crippen LogP contribution in [0.25, 0.3) is 0 Å². The summed E-state index contributed by atoms with van der Waals surface area (Å²) in [4.78, 5) is 47.9. The van der Waals surface area contributed by atoms with Crippen molar-refractivity contribution in [2.24, 2.45) is 0 Å². The molecule has 2 aromatic carbocycles. The van der Waals surface area contributed by atoms with Gasteiger partial charge in [0, 0.05) is 5.57 Å². The van der Waals surface area contributed by atoms with E-state index in [2.05, 4.69) is 17.9 Å². The molecule has 1 aliphatic rings. The van der Waals surface area contributed by atoms with Gasteiger partial charge in [0.05, 0.1) is 31.5 Å². The van der Waals surface area contributed by atoms with Gasteiger partial charge in [0.15, 0.2) is 6.61 Å². The fourth-order valence-corrected chi connectivity index (χ4v) is 4.40. The SMILES string of the molecule is C=COC(=O)COc1ccc(C(=O)Oc2ccc(OCCCCCCOC(=O)C(=C)CC(=O)OC3CCCCC3)cc2)cc1. The number of hydrogen-bond donors (Lipinski definition) is 0. The van der Waals surface area contributed by atoms with E-state index in [-0.39, 0.29) is 31.3 Å². The molecular formula is C34H40O10. The Hall–Kier alpha value is -4.60. The molecule has 10 heteroatoms. The second-order valence-electron chi connectivity index (χ2n) is 10.3. The highest BCUT2D eigenvalue weighted by Gasteiger charge is 2.20. The summed E-state index contributed by atoms with van der Waals surface area (Å²) < 4.78 is 31.7. The molecule has 1 aliphatic carbocycles. The van der Waals surface area contributed by atoms with E-state index in [4.69, 9.17) is 23.7 Å². The van der Waals surface area contributed by atoms with E-state index in [0.29, 0.717) is 35.8 Å². The maximum atomic E-state index is 12.4. The number of esters is 4. The van der Waals surface area contributed by atoms with Gasteiger partial charge in [0.25, 0.3) is 0 Å². The fourth-order valence-electron chi connectivity index (χ4n) is 4.40. The molecule has 0 spiro atoms. The molecule has 0 N–H and O–H groups in total. The minimum atomic E-state index is -0.583. The third-order valence-electron chi connectivity index (χ3n) is 6.73. The van der Waals surface area contributed by atoms with Crippen LogP contribution in [0.15, 0.2) is 73.5 Å². The highest BCUT2D eigenvalue weighted by Crippen LogP contribution is 2.22. The first kappa shape index (κ1) is 33.9. The molecule has 0 atom stereocenters. The molecule has 0 heterocycles. The van der Waals surface area contributed by atoms with Crippen molar-refractivity contribution >= 4 is 23.9 Å². The second-order valence-corrected chi connectivity index (χ2v) is 10.3. The first-order chi connectivity index (χ1) is 21.3. The summed E-state index contributed by atoms with van der Waals surface area (Å²) >= 11 is 0. The molecule has 0 unspecified atom stereocenters. The normalized spacial score (nSPS) is 12.8. The minimum absolute atomic E-state index is 0.0458. The molecule has 1 saturated carbocycles. The predicted octanol–water partition coefficient (Wildman–Crippen LogP) is 6.28. The topological polar surface area (TPSA) is 124 Å². The molecule has 0 aromatic heterocycles. The van der Waals surface area contributed by atoms with Gasteiger partial charge in [-0.05, 0) is 99.9 Å². The van der Waals surface area contributed by atoms with Gasteiger partial charge in [-0.2, -0.15) is 0 Å². The van der Waals surface area contributed by atoms with Crippen molar-refractivity contribution in [2.45, 2.75) is 70.3 Å². The van der Waals surface area contributed by atoms with E-state index in [1.165, 1.54) is 18.6 Å². The fraction of sp³-hybridized carbons (Fsp3) is 0.412. The van der Waals surface area contributed by atoms with E-state index < -0.39 is 23.9 Å². The van der Waals surface area contributed by atoms with Crippen LogP contribution >= 0.6 is 0 Å². The van der Waals surface area contributed by atoms with Crippen LogP contribution in [-0.2, 0) is 28.6 Å². The Labute approximate surface area is 257 Å². The first-order valence-electron chi connectivity index (χ1n) is 14.9.